The summed E-state index contributed by atoms with van der Waals surface area (Å²) in [6.45, 7) is 0.112. The highest BCUT2D eigenvalue weighted by atomic mass is 19.1. The molecule has 0 aromatic heterocycles. The molecule has 2 aromatic carbocycles. The number of methoxy groups -OCH3 is 1. The molecule has 1 aliphatic heterocycles. The highest BCUT2D eigenvalue weighted by Gasteiger charge is 2.50. The van der Waals surface area contributed by atoms with E-state index in [4.69, 9.17) is 4.74 Å². The lowest BCUT2D eigenvalue weighted by atomic mass is 9.72. The zero-order valence-electron chi connectivity index (χ0n) is 16.2. The fourth-order valence-electron chi connectivity index (χ4n) is 3.89. The summed E-state index contributed by atoms with van der Waals surface area (Å²) in [5.41, 5.74) is -0.426. The Balaban J connectivity index is 1.83. The Hall–Kier alpha value is -2.93. The van der Waals surface area contributed by atoms with E-state index in [-0.39, 0.29) is 38.3 Å². The van der Waals surface area contributed by atoms with Crippen LogP contribution in [-0.2, 0) is 22.4 Å². The first-order chi connectivity index (χ1) is 13.9. The van der Waals surface area contributed by atoms with E-state index in [2.05, 4.69) is 0 Å². The average molecular weight is 401 g/mol. The van der Waals surface area contributed by atoms with Crippen molar-refractivity contribution in [3.8, 4) is 5.75 Å². The molecule has 1 heterocycles. The monoisotopic (exact) mass is 401 g/mol. The fourth-order valence-corrected chi connectivity index (χ4v) is 3.89. The number of carbonyl (C=O) groups excluding carboxylic acids is 1. The summed E-state index contributed by atoms with van der Waals surface area (Å²) in [5.74, 6) is -1.34. The third kappa shape index (κ3) is 4.40. The number of hydrogen-bond donors (Lipinski definition) is 2. The minimum absolute atomic E-state index is 0.0653. The van der Waals surface area contributed by atoms with Crippen LogP contribution in [0.3, 0.4) is 0 Å². The molecule has 6 nitrogen and oxygen atoms in total. The van der Waals surface area contributed by atoms with Gasteiger partial charge in [0.05, 0.1) is 19.6 Å². The number of carboxylic acids is 1. The molecule has 0 aliphatic carbocycles. The highest BCUT2D eigenvalue weighted by molar-refractivity contribution is 5.82. The smallest absolute Gasteiger partial charge is 0.314 e. The van der Waals surface area contributed by atoms with E-state index in [1.807, 2.05) is 0 Å². The Morgan fingerprint density at radius 3 is 2.69 bits per heavy atom. The molecule has 29 heavy (non-hydrogen) atoms. The quantitative estimate of drug-likeness (QED) is 0.776. The zero-order chi connectivity index (χ0) is 21.0. The van der Waals surface area contributed by atoms with Crippen molar-refractivity contribution in [2.24, 2.45) is 5.41 Å². The lowest BCUT2D eigenvalue weighted by molar-refractivity contribution is -0.165. The van der Waals surface area contributed by atoms with E-state index in [0.717, 1.165) is 0 Å². The summed E-state index contributed by atoms with van der Waals surface area (Å²) in [7, 11) is 1.52. The Morgan fingerprint density at radius 2 is 2.00 bits per heavy atom. The minimum Gasteiger partial charge on any atom is -0.496 e. The van der Waals surface area contributed by atoms with E-state index in [1.165, 1.54) is 30.2 Å². The number of rotatable bonds is 6. The number of nitrogens with zero attached hydrogens (tertiary/aromatic N) is 1. The number of halogens is 1. The fraction of sp³-hybridized carbons (Fsp3) is 0.364. The second-order valence-electron chi connectivity index (χ2n) is 7.38. The molecule has 2 atom stereocenters. The molecule has 0 radical (unpaired) electrons. The number of likely N-dealkylation sites (tertiary alicyclic amines) is 1. The van der Waals surface area contributed by atoms with Crippen molar-refractivity contribution in [2.75, 3.05) is 20.2 Å². The molecule has 1 fully saturated rings. The first-order valence-corrected chi connectivity index (χ1v) is 9.41. The standard InChI is InChI=1S/C22H24FNO5/c1-29-18-8-3-2-6-16(18)12-20(26)24-10-9-19(25)22(14-24,21(27)28)13-15-5-4-7-17(23)11-15/h2-8,11,19,25H,9-10,12-14H2,1H3,(H,27,28)/t19-,22+/m0/s1. The third-order valence-electron chi connectivity index (χ3n) is 5.50. The van der Waals surface area contributed by atoms with Crippen LogP contribution in [0.25, 0.3) is 0 Å². The molecule has 1 aliphatic rings. The summed E-state index contributed by atoms with van der Waals surface area (Å²) in [6, 6.07) is 12.8. The van der Waals surface area contributed by atoms with Gasteiger partial charge in [0, 0.05) is 18.7 Å². The molecular formula is C22H24FNO5. The van der Waals surface area contributed by atoms with Gasteiger partial charge in [-0.25, -0.2) is 4.39 Å². The van der Waals surface area contributed by atoms with E-state index >= 15 is 0 Å². The van der Waals surface area contributed by atoms with Gasteiger partial charge in [0.25, 0.3) is 0 Å². The lowest BCUT2D eigenvalue weighted by Gasteiger charge is -2.43. The van der Waals surface area contributed by atoms with Gasteiger partial charge in [-0.15, -0.1) is 0 Å². The summed E-state index contributed by atoms with van der Waals surface area (Å²) in [4.78, 5) is 26.6. The number of aliphatic carboxylic acids is 1. The van der Waals surface area contributed by atoms with Crippen LogP contribution in [-0.4, -0.2) is 53.3 Å². The Labute approximate surface area is 168 Å². The topological polar surface area (TPSA) is 87.1 Å². The van der Waals surface area contributed by atoms with Crippen molar-refractivity contribution >= 4 is 11.9 Å². The Morgan fingerprint density at radius 1 is 1.24 bits per heavy atom. The maximum Gasteiger partial charge on any atom is 0.314 e. The van der Waals surface area contributed by atoms with Crippen LogP contribution in [0.4, 0.5) is 4.39 Å². The molecule has 2 N–H and O–H groups in total. The van der Waals surface area contributed by atoms with E-state index < -0.39 is 23.3 Å². The number of aliphatic hydroxyl groups excluding tert-OH is 1. The molecule has 0 unspecified atom stereocenters. The number of piperidine rings is 1. The van der Waals surface area contributed by atoms with Gasteiger partial charge in [-0.05, 0) is 36.6 Å². The molecule has 2 aromatic rings. The maximum atomic E-state index is 13.6. The number of carboxylic acid groups (broad SMARTS) is 1. The van der Waals surface area contributed by atoms with Gasteiger partial charge >= 0.3 is 5.97 Å². The van der Waals surface area contributed by atoms with Crippen LogP contribution in [0.5, 0.6) is 5.75 Å². The first kappa shape index (κ1) is 20.8. The van der Waals surface area contributed by atoms with Crippen LogP contribution in [0, 0.1) is 11.2 Å². The van der Waals surface area contributed by atoms with E-state index in [9.17, 15) is 24.2 Å². The van der Waals surface area contributed by atoms with Gasteiger partial charge in [0.2, 0.25) is 5.91 Å². The predicted octanol–water partition coefficient (Wildman–Crippen LogP) is 2.28. The van der Waals surface area contributed by atoms with Gasteiger partial charge in [-0.3, -0.25) is 9.59 Å². The molecular weight excluding hydrogens is 377 g/mol. The highest BCUT2D eigenvalue weighted by Crippen LogP contribution is 2.35. The molecule has 1 saturated heterocycles. The van der Waals surface area contributed by atoms with Gasteiger partial charge in [0.1, 0.15) is 17.0 Å². The normalized spacial score (nSPS) is 21.6. The van der Waals surface area contributed by atoms with E-state index in [0.29, 0.717) is 16.9 Å². The number of hydrogen-bond acceptors (Lipinski definition) is 4. The number of para-hydroxylation sites is 1. The van der Waals surface area contributed by atoms with Crippen molar-refractivity contribution in [1.82, 2.24) is 4.90 Å². The average Bonchev–Trinajstić information content (AvgIpc) is 2.70. The van der Waals surface area contributed by atoms with Crippen molar-refractivity contribution in [2.45, 2.75) is 25.4 Å². The predicted molar refractivity (Wildman–Crippen MR) is 104 cm³/mol. The van der Waals surface area contributed by atoms with Crippen LogP contribution < -0.4 is 4.74 Å². The van der Waals surface area contributed by atoms with Crippen molar-refractivity contribution < 1.29 is 28.9 Å². The Kier molecular flexibility index (Phi) is 6.17. The van der Waals surface area contributed by atoms with Gasteiger partial charge in [0.15, 0.2) is 0 Å². The van der Waals surface area contributed by atoms with Crippen LogP contribution >= 0.6 is 0 Å². The molecule has 3 rings (SSSR count). The summed E-state index contributed by atoms with van der Waals surface area (Å²) in [6.07, 6.45) is -1.01. The molecule has 0 spiro atoms. The zero-order valence-corrected chi connectivity index (χ0v) is 16.2. The van der Waals surface area contributed by atoms with Crippen LogP contribution in [0.15, 0.2) is 48.5 Å². The number of carbonyl (C=O) groups is 2. The largest absolute Gasteiger partial charge is 0.496 e. The summed E-state index contributed by atoms with van der Waals surface area (Å²) >= 11 is 0. The van der Waals surface area contributed by atoms with E-state index in [1.54, 1.807) is 30.3 Å². The molecule has 0 saturated carbocycles. The van der Waals surface area contributed by atoms with Gasteiger partial charge in [-0.1, -0.05) is 30.3 Å². The van der Waals surface area contributed by atoms with Crippen molar-refractivity contribution in [1.29, 1.82) is 0 Å². The van der Waals surface area contributed by atoms with Crippen molar-refractivity contribution in [3.05, 3.63) is 65.5 Å². The maximum absolute atomic E-state index is 13.6. The second kappa shape index (κ2) is 8.61. The van der Waals surface area contributed by atoms with Crippen molar-refractivity contribution in [3.63, 3.8) is 0 Å². The minimum atomic E-state index is -1.59. The molecule has 1 amide bonds. The molecule has 154 valence electrons. The number of amides is 1. The summed E-state index contributed by atoms with van der Waals surface area (Å²) in [5, 5.41) is 20.5. The number of benzene rings is 2. The first-order valence-electron chi connectivity index (χ1n) is 9.41. The summed E-state index contributed by atoms with van der Waals surface area (Å²) < 4.78 is 18.9. The SMILES string of the molecule is COc1ccccc1CC(=O)N1CC[C@H](O)[C@](Cc2cccc(F)c2)(C(=O)O)C1. The Bertz CT molecular complexity index is 902. The molecule has 7 heteroatoms. The van der Waals surface area contributed by atoms with Crippen LogP contribution in [0.1, 0.15) is 17.5 Å². The van der Waals surface area contributed by atoms with Crippen LogP contribution in [0.2, 0.25) is 0 Å². The van der Waals surface area contributed by atoms with Gasteiger partial charge in [-0.2, -0.15) is 0 Å². The number of aliphatic hydroxyl groups is 1. The van der Waals surface area contributed by atoms with Gasteiger partial charge < -0.3 is 19.8 Å². The number of ether oxygens (including phenoxy) is 1. The lowest BCUT2D eigenvalue weighted by Crippen LogP contribution is -2.58. The second-order valence-corrected chi connectivity index (χ2v) is 7.38. The third-order valence-corrected chi connectivity index (χ3v) is 5.50. The molecule has 0 bridgehead atoms.